The molecule has 2 fully saturated rings. The Balaban J connectivity index is 0.000000426. The molecule has 0 unspecified atom stereocenters. The second-order valence-corrected chi connectivity index (χ2v) is 9.03. The minimum Gasteiger partial charge on any atom is -0.475 e. The fourth-order valence-electron chi connectivity index (χ4n) is 3.96. The van der Waals surface area contributed by atoms with Gasteiger partial charge in [0.2, 0.25) is 5.91 Å². The highest BCUT2D eigenvalue weighted by Gasteiger charge is 2.42. The Hall–Kier alpha value is -2.94. The molecule has 3 N–H and O–H groups in total. The van der Waals surface area contributed by atoms with E-state index in [1.807, 2.05) is 26.8 Å². The van der Waals surface area contributed by atoms with Crippen molar-refractivity contribution < 1.29 is 55.7 Å². The third-order valence-corrected chi connectivity index (χ3v) is 5.54. The van der Waals surface area contributed by atoms with Crippen LogP contribution in [0, 0.1) is 18.8 Å². The maximum absolute atomic E-state index is 12.6. The number of nitrogens with one attached hydrogen (secondary N) is 1. The average molecular weight is 560 g/mol. The Kier molecular flexibility index (Phi) is 12.4. The number of piperidine rings is 1. The molecule has 3 heterocycles. The molecule has 2 saturated heterocycles. The van der Waals surface area contributed by atoms with Gasteiger partial charge in [0.1, 0.15) is 0 Å². The number of carboxylic acids is 2. The molecule has 2 aliphatic rings. The van der Waals surface area contributed by atoms with E-state index < -0.39 is 24.3 Å². The number of alkyl halides is 6. The monoisotopic (exact) mass is 559 g/mol. The lowest BCUT2D eigenvalue weighted by molar-refractivity contribution is -0.193. The Morgan fingerprint density at radius 2 is 1.63 bits per heavy atom. The van der Waals surface area contributed by atoms with Gasteiger partial charge in [-0.25, -0.2) is 9.59 Å². The number of carboxylic acid groups (broad SMARTS) is 2. The smallest absolute Gasteiger partial charge is 0.475 e. The Morgan fingerprint density at radius 3 is 2.11 bits per heavy atom. The maximum atomic E-state index is 12.6. The lowest BCUT2D eigenvalue weighted by atomic mass is 9.79. The van der Waals surface area contributed by atoms with E-state index in [1.54, 1.807) is 0 Å². The quantitative estimate of drug-likeness (QED) is 0.479. The minimum absolute atomic E-state index is 0.0689. The number of carbonyl (C=O) groups excluding carboxylic acids is 1. The molecule has 15 heteroatoms. The summed E-state index contributed by atoms with van der Waals surface area (Å²) in [5.74, 6) is -4.96. The summed E-state index contributed by atoms with van der Waals surface area (Å²) in [4.78, 5) is 37.4. The summed E-state index contributed by atoms with van der Waals surface area (Å²) in [6, 6.07) is 6.36. The van der Waals surface area contributed by atoms with E-state index in [0.717, 1.165) is 43.9 Å². The number of rotatable bonds is 4. The first kappa shape index (κ1) is 33.1. The molecule has 3 rings (SSSR count). The van der Waals surface area contributed by atoms with Gasteiger partial charge in [-0.15, -0.1) is 0 Å². The molecule has 216 valence electrons. The number of likely N-dealkylation sites (tertiary alicyclic amines) is 1. The molecule has 0 saturated carbocycles. The van der Waals surface area contributed by atoms with Crippen molar-refractivity contribution in [3.63, 3.8) is 0 Å². The number of amides is 1. The van der Waals surface area contributed by atoms with Crippen molar-refractivity contribution >= 4 is 17.8 Å². The summed E-state index contributed by atoms with van der Waals surface area (Å²) in [5.41, 5.74) is 2.16. The van der Waals surface area contributed by atoms with Gasteiger partial charge in [-0.3, -0.25) is 14.7 Å². The summed E-state index contributed by atoms with van der Waals surface area (Å²) < 4.78 is 69.4. The third kappa shape index (κ3) is 11.6. The number of aliphatic carboxylic acids is 2. The second-order valence-electron chi connectivity index (χ2n) is 9.03. The molecule has 0 aromatic carbocycles. The van der Waals surface area contributed by atoms with Gasteiger partial charge in [0, 0.05) is 49.8 Å². The highest BCUT2D eigenvalue weighted by molar-refractivity contribution is 5.79. The van der Waals surface area contributed by atoms with Crippen LogP contribution in [0.4, 0.5) is 26.3 Å². The van der Waals surface area contributed by atoms with Crippen molar-refractivity contribution in [2.24, 2.45) is 11.8 Å². The lowest BCUT2D eigenvalue weighted by Crippen LogP contribution is -2.53. The predicted molar refractivity (Wildman–Crippen MR) is 121 cm³/mol. The number of hydrogen-bond donors (Lipinski definition) is 3. The molecule has 0 spiro atoms. The van der Waals surface area contributed by atoms with Crippen LogP contribution in [0.25, 0.3) is 0 Å². The summed E-state index contributed by atoms with van der Waals surface area (Å²) in [6.45, 7) is 9.54. The highest BCUT2D eigenvalue weighted by atomic mass is 19.4. The van der Waals surface area contributed by atoms with Crippen molar-refractivity contribution in [2.45, 2.75) is 64.7 Å². The standard InChI is InChI=1S/C19H29N3O2.2C2HF3O2/c1-13(2)20-19(23)16-8-10-24-18-7-9-22(12-17(16)18)11-15-6-4-5-14(3)21-15;2*3-2(4,5)1(6)7/h4-6,13,16-18H,7-12H2,1-3H3,(H,20,23);2*(H,6,7)/t16-,17+,18-;;/m1../s1. The van der Waals surface area contributed by atoms with Gasteiger partial charge in [-0.2, -0.15) is 26.3 Å². The summed E-state index contributed by atoms with van der Waals surface area (Å²) in [7, 11) is 0. The number of fused-ring (bicyclic) bond motifs is 1. The highest BCUT2D eigenvalue weighted by Crippen LogP contribution is 2.33. The minimum atomic E-state index is -5.08. The zero-order valence-corrected chi connectivity index (χ0v) is 21.0. The van der Waals surface area contributed by atoms with E-state index in [-0.39, 0.29) is 29.9 Å². The normalized spacial score (nSPS) is 21.7. The van der Waals surface area contributed by atoms with Crippen molar-refractivity contribution in [1.82, 2.24) is 15.2 Å². The third-order valence-electron chi connectivity index (χ3n) is 5.54. The van der Waals surface area contributed by atoms with Crippen molar-refractivity contribution in [3.05, 3.63) is 29.6 Å². The summed E-state index contributed by atoms with van der Waals surface area (Å²) in [5, 5.41) is 17.3. The number of aryl methyl sites for hydroxylation is 1. The van der Waals surface area contributed by atoms with Gasteiger partial charge in [0.05, 0.1) is 11.8 Å². The molecule has 1 amide bonds. The van der Waals surface area contributed by atoms with Gasteiger partial charge >= 0.3 is 24.3 Å². The summed E-state index contributed by atoms with van der Waals surface area (Å²) >= 11 is 0. The fourth-order valence-corrected chi connectivity index (χ4v) is 3.96. The van der Waals surface area contributed by atoms with Crippen molar-refractivity contribution in [1.29, 1.82) is 0 Å². The zero-order chi connectivity index (χ0) is 29.3. The van der Waals surface area contributed by atoms with E-state index in [4.69, 9.17) is 24.5 Å². The van der Waals surface area contributed by atoms with Gasteiger partial charge in [-0.05, 0) is 45.7 Å². The molecule has 9 nitrogen and oxygen atoms in total. The average Bonchev–Trinajstić information content (AvgIpc) is 2.77. The number of nitrogens with zero attached hydrogens (tertiary/aromatic N) is 2. The van der Waals surface area contributed by atoms with E-state index in [2.05, 4.69) is 27.3 Å². The van der Waals surface area contributed by atoms with Crippen LogP contribution in [0.3, 0.4) is 0 Å². The van der Waals surface area contributed by atoms with Gasteiger partial charge in [0.25, 0.3) is 0 Å². The molecule has 1 aromatic heterocycles. The fraction of sp³-hybridized carbons (Fsp3) is 0.652. The van der Waals surface area contributed by atoms with E-state index in [1.165, 1.54) is 0 Å². The molecular weight excluding hydrogens is 528 g/mol. The van der Waals surface area contributed by atoms with Crippen LogP contribution in [-0.2, 0) is 25.7 Å². The van der Waals surface area contributed by atoms with Gasteiger partial charge in [0.15, 0.2) is 0 Å². The molecular formula is C23H31F6N3O6. The zero-order valence-electron chi connectivity index (χ0n) is 21.0. The maximum Gasteiger partial charge on any atom is 0.490 e. The molecule has 2 aliphatic heterocycles. The second kappa shape index (κ2) is 14.3. The number of aromatic nitrogens is 1. The van der Waals surface area contributed by atoms with Crippen LogP contribution >= 0.6 is 0 Å². The molecule has 0 aliphatic carbocycles. The SMILES string of the molecule is Cc1cccc(CN2CC[C@H]3OCC[C@@H](C(=O)NC(C)C)[C@@H]3C2)n1.O=C(O)C(F)(F)F.O=C(O)C(F)(F)F. The number of halogens is 6. The van der Waals surface area contributed by atoms with Crippen LogP contribution in [0.5, 0.6) is 0 Å². The Morgan fingerprint density at radius 1 is 1.08 bits per heavy atom. The van der Waals surface area contributed by atoms with Crippen LogP contribution in [0.1, 0.15) is 38.1 Å². The first-order valence-electron chi connectivity index (χ1n) is 11.6. The van der Waals surface area contributed by atoms with Crippen LogP contribution in [-0.4, -0.2) is 82.1 Å². The number of pyridine rings is 1. The summed E-state index contributed by atoms with van der Waals surface area (Å²) in [6.07, 6.45) is -8.11. The van der Waals surface area contributed by atoms with Gasteiger partial charge < -0.3 is 20.3 Å². The first-order chi connectivity index (χ1) is 17.4. The molecule has 38 heavy (non-hydrogen) atoms. The molecule has 0 radical (unpaired) electrons. The molecule has 3 atom stereocenters. The van der Waals surface area contributed by atoms with E-state index >= 15 is 0 Å². The van der Waals surface area contributed by atoms with Gasteiger partial charge in [-0.1, -0.05) is 6.07 Å². The molecule has 1 aromatic rings. The van der Waals surface area contributed by atoms with Crippen LogP contribution in [0.2, 0.25) is 0 Å². The van der Waals surface area contributed by atoms with Crippen molar-refractivity contribution in [2.75, 3.05) is 19.7 Å². The topological polar surface area (TPSA) is 129 Å². The number of carbonyl (C=O) groups is 3. The lowest BCUT2D eigenvalue weighted by Gasteiger charge is -2.44. The van der Waals surface area contributed by atoms with E-state index in [0.29, 0.717) is 6.61 Å². The van der Waals surface area contributed by atoms with Crippen LogP contribution in [0.15, 0.2) is 18.2 Å². The van der Waals surface area contributed by atoms with E-state index in [9.17, 15) is 31.1 Å². The predicted octanol–water partition coefficient (Wildman–Crippen LogP) is 3.41. The number of hydrogen-bond acceptors (Lipinski definition) is 6. The Labute approximate surface area is 215 Å². The largest absolute Gasteiger partial charge is 0.490 e. The van der Waals surface area contributed by atoms with Crippen LogP contribution < -0.4 is 5.32 Å². The Bertz CT molecular complexity index is 917. The number of ether oxygens (including phenoxy) is 1. The first-order valence-corrected chi connectivity index (χ1v) is 11.6. The molecule has 0 bridgehead atoms. The van der Waals surface area contributed by atoms with Crippen molar-refractivity contribution in [3.8, 4) is 0 Å².